The van der Waals surface area contributed by atoms with E-state index in [1.165, 1.54) is 46.1 Å². The molecule has 1 saturated heterocycles. The summed E-state index contributed by atoms with van der Waals surface area (Å²) >= 11 is 0. The Balaban J connectivity index is 1.95. The standard InChI is InChI=1S/C39H49NO14/c1-10-50-36-23(7)33(45)28-30-29(36)38(48)51-15-14-26(49-9)20(4)35(53-24(8)41)22(6)32(44)21(5)31(43)18(2)12-11-13-19(3)37(47)40-25(34(28)46)16-39(30)52-17-27(42)54-39/h11-16,18,20-22,26,31-32,35,43-45H,10,17H2,1-9H3,(H,40,47)/t18-,20+,21+,22+,26-,31-,32+,35+,39?/m0/s1. The predicted octanol–water partition coefficient (Wildman–Crippen LogP) is 3.42. The van der Waals surface area contributed by atoms with E-state index in [-0.39, 0.29) is 29.1 Å². The molecule has 1 aromatic carbocycles. The van der Waals surface area contributed by atoms with Gasteiger partial charge in [-0.15, -0.1) is 0 Å². The first-order valence-corrected chi connectivity index (χ1v) is 17.7. The number of hydrogen-bond acceptors (Lipinski definition) is 14. The Bertz CT molecular complexity index is 1790. The summed E-state index contributed by atoms with van der Waals surface area (Å²) in [5.74, 6) is -9.88. The molecule has 15 nitrogen and oxygen atoms in total. The fourth-order valence-corrected chi connectivity index (χ4v) is 6.99. The summed E-state index contributed by atoms with van der Waals surface area (Å²) in [6.45, 7) is 11.9. The van der Waals surface area contributed by atoms with Gasteiger partial charge in [-0.3, -0.25) is 14.4 Å². The second-order valence-electron chi connectivity index (χ2n) is 13.8. The number of Topliss-reactive ketones (excluding diaryl/α,β-unsaturated/α-hetero) is 1. The number of hydrogen-bond donors (Lipinski definition) is 4. The molecule has 1 amide bonds. The number of ketones is 1. The predicted molar refractivity (Wildman–Crippen MR) is 191 cm³/mol. The highest BCUT2D eigenvalue weighted by molar-refractivity contribution is 6.17. The van der Waals surface area contributed by atoms with Crippen LogP contribution in [0.3, 0.4) is 0 Å². The summed E-state index contributed by atoms with van der Waals surface area (Å²) in [7, 11) is 1.39. The SMILES string of the molecule is CCOc1c(C)c(O)c2c3c1C(=O)OC=C[C@H](OC)[C@@H](C)[C@@H](OC(C)=O)[C@H](C)[C@H](O)[C@H](C)[C@@H](O)[C@@H](C)C=CC=C(C)C(=O)NC(=CC31OCC(=O)O1)C2=O. The first kappa shape index (κ1) is 41.9. The Labute approximate surface area is 313 Å². The lowest BCUT2D eigenvalue weighted by atomic mass is 9.78. The van der Waals surface area contributed by atoms with E-state index in [9.17, 15) is 39.3 Å². The molecule has 4 bridgehead atoms. The Morgan fingerprint density at radius 2 is 1.69 bits per heavy atom. The van der Waals surface area contributed by atoms with E-state index in [0.29, 0.717) is 0 Å². The van der Waals surface area contributed by atoms with Crippen LogP contribution in [-0.4, -0.2) is 89.7 Å². The number of aliphatic hydroxyl groups excluding tert-OH is 2. The third-order valence-electron chi connectivity index (χ3n) is 10.1. The minimum absolute atomic E-state index is 0.00718. The summed E-state index contributed by atoms with van der Waals surface area (Å²) < 4.78 is 34.1. The number of rotatable bonds is 4. The number of nitrogens with one attached hydrogen (secondary N) is 1. The fourth-order valence-electron chi connectivity index (χ4n) is 6.99. The average Bonchev–Trinajstić information content (AvgIpc) is 3.50. The molecule has 1 aliphatic carbocycles. The van der Waals surface area contributed by atoms with Crippen LogP contribution in [0.15, 0.2) is 47.9 Å². The largest absolute Gasteiger partial charge is 0.507 e. The highest BCUT2D eigenvalue weighted by atomic mass is 16.8. The summed E-state index contributed by atoms with van der Waals surface area (Å²) in [5.41, 5.74) is -1.56. The van der Waals surface area contributed by atoms with Crippen LogP contribution in [0, 0.1) is 30.6 Å². The first-order valence-electron chi connectivity index (χ1n) is 17.7. The normalized spacial score (nSPS) is 31.0. The molecule has 54 heavy (non-hydrogen) atoms. The average molecular weight is 756 g/mol. The highest BCUT2D eigenvalue weighted by Crippen LogP contribution is 2.50. The molecular weight excluding hydrogens is 706 g/mol. The van der Waals surface area contributed by atoms with Crippen LogP contribution in [-0.2, 0) is 43.9 Å². The molecule has 1 aromatic rings. The summed E-state index contributed by atoms with van der Waals surface area (Å²) in [6, 6.07) is 0. The van der Waals surface area contributed by atoms with E-state index >= 15 is 0 Å². The van der Waals surface area contributed by atoms with Gasteiger partial charge in [-0.1, -0.05) is 45.9 Å². The third kappa shape index (κ3) is 8.28. The number of carbonyl (C=O) groups excluding carboxylic acids is 5. The van der Waals surface area contributed by atoms with E-state index in [0.717, 1.165) is 12.3 Å². The van der Waals surface area contributed by atoms with Gasteiger partial charge in [0.05, 0.1) is 48.0 Å². The number of phenolic OH excluding ortho intramolecular Hbond substituents is 1. The van der Waals surface area contributed by atoms with E-state index < -0.39 is 113 Å². The van der Waals surface area contributed by atoms with Crippen LogP contribution in [0.4, 0.5) is 0 Å². The van der Waals surface area contributed by atoms with Gasteiger partial charge in [-0.2, -0.15) is 0 Å². The molecule has 5 rings (SSSR count). The fraction of sp³-hybridized carbons (Fsp3) is 0.513. The van der Waals surface area contributed by atoms with Crippen LogP contribution >= 0.6 is 0 Å². The van der Waals surface area contributed by atoms with E-state index in [1.54, 1.807) is 40.7 Å². The first-order chi connectivity index (χ1) is 25.4. The van der Waals surface area contributed by atoms with Gasteiger partial charge in [0.15, 0.2) is 0 Å². The molecule has 1 unspecified atom stereocenters. The van der Waals surface area contributed by atoms with Gasteiger partial charge in [0.1, 0.15) is 29.8 Å². The van der Waals surface area contributed by atoms with Crippen molar-refractivity contribution in [1.82, 2.24) is 5.32 Å². The monoisotopic (exact) mass is 755 g/mol. The second-order valence-corrected chi connectivity index (χ2v) is 13.8. The van der Waals surface area contributed by atoms with Crippen LogP contribution in [0.5, 0.6) is 11.5 Å². The number of carbonyl (C=O) groups is 5. The summed E-state index contributed by atoms with van der Waals surface area (Å²) in [5, 5.41) is 36.6. The van der Waals surface area contributed by atoms with Crippen molar-refractivity contribution < 1.29 is 67.7 Å². The number of allylic oxidation sites excluding steroid dienone is 3. The number of benzene rings is 1. The molecule has 0 aromatic heterocycles. The minimum Gasteiger partial charge on any atom is -0.507 e. The zero-order valence-corrected chi connectivity index (χ0v) is 31.8. The molecule has 4 N–H and O–H groups in total. The van der Waals surface area contributed by atoms with Gasteiger partial charge in [0.2, 0.25) is 5.78 Å². The number of fused-ring (bicyclic) bond motifs is 14. The Morgan fingerprint density at radius 1 is 1.00 bits per heavy atom. The summed E-state index contributed by atoms with van der Waals surface area (Å²) in [4.78, 5) is 66.4. The molecule has 15 heteroatoms. The third-order valence-corrected chi connectivity index (χ3v) is 10.1. The molecule has 4 aliphatic rings. The van der Waals surface area contributed by atoms with Crippen molar-refractivity contribution in [2.45, 2.75) is 85.6 Å². The van der Waals surface area contributed by atoms with Crippen molar-refractivity contribution in [3.63, 3.8) is 0 Å². The van der Waals surface area contributed by atoms with Crippen molar-refractivity contribution >= 4 is 29.6 Å². The lowest BCUT2D eigenvalue weighted by Crippen LogP contribution is -2.46. The van der Waals surface area contributed by atoms with Crippen molar-refractivity contribution in [1.29, 1.82) is 0 Å². The molecule has 9 atom stereocenters. The van der Waals surface area contributed by atoms with Crippen LogP contribution < -0.4 is 10.1 Å². The van der Waals surface area contributed by atoms with Gasteiger partial charge in [-0.05, 0) is 26.8 Å². The molecule has 0 radical (unpaired) electrons. The Kier molecular flexibility index (Phi) is 13.3. The highest BCUT2D eigenvalue weighted by Gasteiger charge is 2.53. The van der Waals surface area contributed by atoms with Crippen molar-refractivity contribution in [2.75, 3.05) is 20.3 Å². The van der Waals surface area contributed by atoms with Gasteiger partial charge < -0.3 is 49.1 Å². The Hall–Kier alpha value is -4.83. The van der Waals surface area contributed by atoms with Crippen LogP contribution in [0.1, 0.15) is 80.3 Å². The summed E-state index contributed by atoms with van der Waals surface area (Å²) in [6.07, 6.45) is 4.05. The Morgan fingerprint density at radius 3 is 2.28 bits per heavy atom. The minimum atomic E-state index is -2.27. The number of aliphatic hydroxyl groups is 2. The van der Waals surface area contributed by atoms with Crippen molar-refractivity contribution in [3.8, 4) is 11.5 Å². The quantitative estimate of drug-likeness (QED) is 0.256. The van der Waals surface area contributed by atoms with Crippen LogP contribution in [0.2, 0.25) is 0 Å². The molecule has 3 aliphatic heterocycles. The maximum atomic E-state index is 14.1. The van der Waals surface area contributed by atoms with Gasteiger partial charge in [-0.25, -0.2) is 9.59 Å². The molecule has 0 saturated carbocycles. The van der Waals surface area contributed by atoms with Crippen molar-refractivity contribution in [2.24, 2.45) is 23.7 Å². The smallest absolute Gasteiger partial charge is 0.347 e. The maximum absolute atomic E-state index is 14.1. The number of phenols is 1. The lowest BCUT2D eigenvalue weighted by Gasteiger charge is -2.38. The molecule has 1 spiro atoms. The van der Waals surface area contributed by atoms with Crippen LogP contribution in [0.25, 0.3) is 0 Å². The number of ether oxygens (including phenoxy) is 6. The molecule has 1 fully saturated rings. The lowest BCUT2D eigenvalue weighted by molar-refractivity contribution is -0.161. The van der Waals surface area contributed by atoms with E-state index in [1.807, 2.05) is 0 Å². The zero-order valence-electron chi connectivity index (χ0n) is 31.8. The maximum Gasteiger partial charge on any atom is 0.347 e. The van der Waals surface area contributed by atoms with Gasteiger partial charge >= 0.3 is 17.9 Å². The number of methoxy groups -OCH3 is 1. The zero-order chi connectivity index (χ0) is 40.2. The van der Waals surface area contributed by atoms with Gasteiger partial charge in [0, 0.05) is 54.9 Å². The molecule has 294 valence electrons. The van der Waals surface area contributed by atoms with Crippen molar-refractivity contribution in [3.05, 3.63) is 70.2 Å². The van der Waals surface area contributed by atoms with Gasteiger partial charge in [0.25, 0.3) is 11.7 Å². The number of aromatic hydroxyl groups is 1. The molecule has 3 heterocycles. The van der Waals surface area contributed by atoms with E-state index in [2.05, 4.69) is 5.32 Å². The second kappa shape index (κ2) is 17.1. The topological polar surface area (TPSA) is 213 Å². The number of esters is 3. The number of amides is 1. The molecular formula is C39H49NO14. The van der Waals surface area contributed by atoms with E-state index in [4.69, 9.17) is 28.4 Å².